The van der Waals surface area contributed by atoms with Crippen LogP contribution in [0.1, 0.15) is 26.3 Å². The third kappa shape index (κ3) is 4.51. The molecule has 2 aliphatic rings. The smallest absolute Gasteiger partial charge is 0.295 e. The minimum absolute atomic E-state index is 0.229. The molecule has 8 heteroatoms. The van der Waals surface area contributed by atoms with Gasteiger partial charge < -0.3 is 4.90 Å². The first-order valence-electron chi connectivity index (χ1n) is 12.2. The van der Waals surface area contributed by atoms with Gasteiger partial charge in [0.05, 0.1) is 16.0 Å². The average Bonchev–Trinajstić information content (AvgIpc) is 3.38. The fourth-order valence-electron chi connectivity index (χ4n) is 4.60. The molecule has 1 saturated heterocycles. The van der Waals surface area contributed by atoms with Crippen molar-refractivity contribution in [3.05, 3.63) is 131 Å². The number of hydrogen-bond acceptors (Lipinski definition) is 6. The summed E-state index contributed by atoms with van der Waals surface area (Å²) in [6.45, 7) is -0.420. The number of thioether (sulfide) groups is 1. The lowest BCUT2D eigenvalue weighted by Crippen LogP contribution is -2.43. The van der Waals surface area contributed by atoms with E-state index in [0.29, 0.717) is 0 Å². The van der Waals surface area contributed by atoms with Gasteiger partial charge in [0, 0.05) is 17.1 Å². The van der Waals surface area contributed by atoms with Gasteiger partial charge in [-0.3, -0.25) is 24.1 Å². The van der Waals surface area contributed by atoms with E-state index in [2.05, 4.69) is 4.90 Å². The van der Waals surface area contributed by atoms with Crippen molar-refractivity contribution in [2.45, 2.75) is 0 Å². The Bertz CT molecular complexity index is 1560. The Balaban J connectivity index is 1.22. The number of fused-ring (bicyclic) bond motifs is 1. The van der Waals surface area contributed by atoms with E-state index in [-0.39, 0.29) is 16.0 Å². The van der Waals surface area contributed by atoms with Gasteiger partial charge in [-0.2, -0.15) is 0 Å². The Labute approximate surface area is 229 Å². The molecule has 39 heavy (non-hydrogen) atoms. The van der Waals surface area contributed by atoms with Crippen LogP contribution in [0.3, 0.4) is 0 Å². The number of amides is 4. The van der Waals surface area contributed by atoms with E-state index in [1.165, 1.54) is 0 Å². The van der Waals surface area contributed by atoms with Gasteiger partial charge in [0.15, 0.2) is 0 Å². The Morgan fingerprint density at radius 1 is 0.564 bits per heavy atom. The van der Waals surface area contributed by atoms with Crippen LogP contribution in [0, 0.1) is 0 Å². The Morgan fingerprint density at radius 2 is 1.05 bits per heavy atom. The molecule has 0 radical (unpaired) electrons. The number of nitrogens with zero attached hydrogens (tertiary/aromatic N) is 3. The summed E-state index contributed by atoms with van der Waals surface area (Å²) in [4.78, 5) is 55.4. The van der Waals surface area contributed by atoms with Crippen LogP contribution in [0.4, 0.5) is 21.9 Å². The van der Waals surface area contributed by atoms with Crippen molar-refractivity contribution in [3.8, 4) is 0 Å². The molecule has 7 nitrogen and oxygen atoms in total. The highest BCUT2D eigenvalue weighted by atomic mass is 32.2. The second-order valence-electron chi connectivity index (χ2n) is 8.93. The molecule has 4 amide bonds. The van der Waals surface area contributed by atoms with E-state index in [0.717, 1.165) is 44.2 Å². The van der Waals surface area contributed by atoms with Crippen molar-refractivity contribution in [1.82, 2.24) is 9.80 Å². The van der Waals surface area contributed by atoms with Gasteiger partial charge in [-0.25, -0.2) is 4.90 Å². The molecular weight excluding hydrogens is 510 g/mol. The lowest BCUT2D eigenvalue weighted by Gasteiger charge is -2.25. The zero-order chi connectivity index (χ0) is 26.9. The molecule has 0 bridgehead atoms. The number of hydrogen-bond donors (Lipinski definition) is 0. The molecule has 0 spiro atoms. The van der Waals surface area contributed by atoms with Gasteiger partial charge in [0.1, 0.15) is 6.67 Å². The summed E-state index contributed by atoms with van der Waals surface area (Å²) in [7, 11) is 0. The van der Waals surface area contributed by atoms with Crippen LogP contribution < -0.4 is 4.90 Å². The van der Waals surface area contributed by atoms with Crippen LogP contribution in [0.2, 0.25) is 0 Å². The minimum Gasteiger partial charge on any atom is -0.311 e. The predicted molar refractivity (Wildman–Crippen MR) is 151 cm³/mol. The van der Waals surface area contributed by atoms with Crippen molar-refractivity contribution < 1.29 is 19.2 Å². The quantitative estimate of drug-likeness (QED) is 0.210. The summed E-state index contributed by atoms with van der Waals surface area (Å²) in [6, 6.07) is 34.1. The molecular formula is C31H21N3O4S. The van der Waals surface area contributed by atoms with Gasteiger partial charge in [-0.1, -0.05) is 60.7 Å². The summed E-state index contributed by atoms with van der Waals surface area (Å²) in [5.41, 5.74) is 4.22. The van der Waals surface area contributed by atoms with Crippen LogP contribution in [0.15, 0.2) is 114 Å². The average molecular weight is 532 g/mol. The molecule has 0 atom stereocenters. The van der Waals surface area contributed by atoms with Crippen LogP contribution in [-0.4, -0.2) is 39.4 Å². The maximum atomic E-state index is 13.1. The van der Waals surface area contributed by atoms with E-state index in [9.17, 15) is 19.2 Å². The molecule has 0 unspecified atom stereocenters. The highest BCUT2D eigenvalue weighted by Gasteiger charge is 2.42. The molecule has 2 heterocycles. The predicted octanol–water partition coefficient (Wildman–Crippen LogP) is 6.45. The SMILES string of the molecule is O=C1SC(=Cc2ccc(N(c3ccccc3)c3ccccc3)cc2)C(=O)N1CN1C(=O)c2ccccc2C1=O. The molecule has 0 aromatic heterocycles. The fourth-order valence-corrected chi connectivity index (χ4v) is 5.43. The lowest BCUT2D eigenvalue weighted by molar-refractivity contribution is -0.123. The van der Waals surface area contributed by atoms with Gasteiger partial charge in [0.2, 0.25) is 0 Å². The first kappa shape index (κ1) is 24.4. The van der Waals surface area contributed by atoms with Crippen LogP contribution in [0.5, 0.6) is 0 Å². The maximum Gasteiger partial charge on any atom is 0.295 e. The Kier molecular flexibility index (Phi) is 6.30. The third-order valence-electron chi connectivity index (χ3n) is 6.51. The van der Waals surface area contributed by atoms with E-state index in [1.54, 1.807) is 30.3 Å². The monoisotopic (exact) mass is 531 g/mol. The molecule has 0 saturated carbocycles. The van der Waals surface area contributed by atoms with Gasteiger partial charge in [-0.15, -0.1) is 0 Å². The summed E-state index contributed by atoms with van der Waals surface area (Å²) < 4.78 is 0. The summed E-state index contributed by atoms with van der Waals surface area (Å²) >= 11 is 0.789. The van der Waals surface area contributed by atoms with Crippen molar-refractivity contribution >= 4 is 57.9 Å². The second kappa shape index (κ2) is 10.1. The van der Waals surface area contributed by atoms with Crippen LogP contribution >= 0.6 is 11.8 Å². The lowest BCUT2D eigenvalue weighted by atomic mass is 10.1. The first-order valence-corrected chi connectivity index (χ1v) is 13.0. The van der Waals surface area contributed by atoms with E-state index in [1.807, 2.05) is 84.9 Å². The molecule has 6 rings (SSSR count). The van der Waals surface area contributed by atoms with Crippen molar-refractivity contribution in [3.63, 3.8) is 0 Å². The number of carbonyl (C=O) groups is 4. The van der Waals surface area contributed by atoms with Crippen molar-refractivity contribution in [1.29, 1.82) is 0 Å². The van der Waals surface area contributed by atoms with E-state index < -0.39 is 29.6 Å². The largest absolute Gasteiger partial charge is 0.311 e. The summed E-state index contributed by atoms with van der Waals surface area (Å²) in [5.74, 6) is -1.58. The second-order valence-corrected chi connectivity index (χ2v) is 9.93. The third-order valence-corrected chi connectivity index (χ3v) is 7.42. The number of para-hydroxylation sites is 2. The highest BCUT2D eigenvalue weighted by molar-refractivity contribution is 8.18. The number of anilines is 3. The Hall–Kier alpha value is -4.95. The van der Waals surface area contributed by atoms with Gasteiger partial charge in [-0.05, 0) is 71.9 Å². The van der Waals surface area contributed by atoms with Crippen LogP contribution in [0.25, 0.3) is 6.08 Å². The molecule has 2 aliphatic heterocycles. The van der Waals surface area contributed by atoms with Gasteiger partial charge >= 0.3 is 0 Å². The van der Waals surface area contributed by atoms with Crippen molar-refractivity contribution in [2.24, 2.45) is 0 Å². The first-order chi connectivity index (χ1) is 19.0. The van der Waals surface area contributed by atoms with Gasteiger partial charge in [0.25, 0.3) is 23.0 Å². The maximum absolute atomic E-state index is 13.1. The number of benzene rings is 4. The van der Waals surface area contributed by atoms with Crippen molar-refractivity contribution in [2.75, 3.05) is 11.6 Å². The number of carbonyl (C=O) groups excluding carboxylic acids is 4. The molecule has 0 aliphatic carbocycles. The highest BCUT2D eigenvalue weighted by Crippen LogP contribution is 2.36. The Morgan fingerprint density at radius 3 is 1.59 bits per heavy atom. The van der Waals surface area contributed by atoms with E-state index in [4.69, 9.17) is 0 Å². The molecule has 4 aromatic carbocycles. The summed E-state index contributed by atoms with van der Waals surface area (Å²) in [6.07, 6.45) is 1.65. The fraction of sp³-hybridized carbons (Fsp3) is 0.0323. The zero-order valence-electron chi connectivity index (χ0n) is 20.6. The molecule has 190 valence electrons. The summed E-state index contributed by atoms with van der Waals surface area (Å²) in [5, 5.41) is -0.529. The minimum atomic E-state index is -0.541. The number of imide groups is 2. The standard InChI is InChI=1S/C31H21N3O4S/c35-28-25-13-7-8-14-26(25)29(36)32(28)20-33-30(37)27(39-31(33)38)19-21-15-17-24(18-16-21)34(22-9-3-1-4-10-22)23-11-5-2-6-12-23/h1-19H,20H2. The normalized spacial score (nSPS) is 15.8. The number of rotatable bonds is 6. The zero-order valence-corrected chi connectivity index (χ0v) is 21.4. The molecule has 4 aromatic rings. The molecule has 0 N–H and O–H groups in total. The van der Waals surface area contributed by atoms with E-state index >= 15 is 0 Å². The topological polar surface area (TPSA) is 78.0 Å². The van der Waals surface area contributed by atoms with Crippen LogP contribution in [-0.2, 0) is 4.79 Å². The molecule has 1 fully saturated rings.